The van der Waals surface area contributed by atoms with Gasteiger partial charge in [0, 0.05) is 12.0 Å². The Morgan fingerprint density at radius 3 is 3.00 bits per heavy atom. The maximum Gasteiger partial charge on any atom is 0.186 e. The quantitative estimate of drug-likeness (QED) is 0.614. The molecule has 0 saturated carbocycles. The lowest BCUT2D eigenvalue weighted by Gasteiger charge is -2.15. The molecule has 1 atom stereocenters. The van der Waals surface area contributed by atoms with Gasteiger partial charge in [-0.3, -0.25) is 0 Å². The number of nitrogens with zero attached hydrogens (tertiary/aromatic N) is 1. The minimum Gasteiger partial charge on any atom is -0.488 e. The maximum absolute atomic E-state index is 5.94. The second kappa shape index (κ2) is 5.73. The number of ether oxygens (including phenoxy) is 2. The summed E-state index contributed by atoms with van der Waals surface area (Å²) in [7, 11) is 0. The highest BCUT2D eigenvalue weighted by Gasteiger charge is 2.18. The number of rotatable bonds is 4. The van der Waals surface area contributed by atoms with Crippen LogP contribution in [-0.4, -0.2) is 25.3 Å². The van der Waals surface area contributed by atoms with Gasteiger partial charge in [0.2, 0.25) is 0 Å². The molecule has 5 heteroatoms. The van der Waals surface area contributed by atoms with Crippen molar-refractivity contribution in [1.29, 1.82) is 0 Å². The van der Waals surface area contributed by atoms with Gasteiger partial charge in [0.05, 0.1) is 19.8 Å². The maximum atomic E-state index is 5.94. The molecule has 0 aromatic heterocycles. The minimum atomic E-state index is 0.0886. The molecule has 0 bridgehead atoms. The smallest absolute Gasteiger partial charge is 0.186 e. The topological polar surface area (TPSA) is 82.9 Å². The molecular weight excluding hydrogens is 230 g/mol. The average molecular weight is 249 g/mol. The summed E-state index contributed by atoms with van der Waals surface area (Å²) in [5.74, 6) is 0.932. The van der Waals surface area contributed by atoms with Gasteiger partial charge >= 0.3 is 0 Å². The summed E-state index contributed by atoms with van der Waals surface area (Å²) in [6, 6.07) is 6.03. The fourth-order valence-electron chi connectivity index (χ4n) is 1.86. The van der Waals surface area contributed by atoms with Crippen LogP contribution in [0, 0.1) is 6.92 Å². The molecule has 1 fully saturated rings. The molecule has 0 amide bonds. The Labute approximate surface area is 107 Å². The Hall–Kier alpha value is -1.75. The van der Waals surface area contributed by atoms with Gasteiger partial charge in [-0.05, 0) is 18.6 Å². The Morgan fingerprint density at radius 2 is 2.33 bits per heavy atom. The fourth-order valence-corrected chi connectivity index (χ4v) is 1.86. The van der Waals surface area contributed by atoms with Gasteiger partial charge in [-0.15, -0.1) is 0 Å². The van der Waals surface area contributed by atoms with Crippen molar-refractivity contribution in [3.63, 3.8) is 0 Å². The average Bonchev–Trinajstić information content (AvgIpc) is 2.80. The molecular formula is C13H19N3O2. The van der Waals surface area contributed by atoms with Crippen molar-refractivity contribution in [3.8, 4) is 5.75 Å². The number of aliphatic imine (C=N–C) groups is 1. The van der Waals surface area contributed by atoms with E-state index in [0.717, 1.165) is 29.9 Å². The third-order valence-corrected chi connectivity index (χ3v) is 2.84. The van der Waals surface area contributed by atoms with Crippen molar-refractivity contribution in [2.75, 3.05) is 13.2 Å². The van der Waals surface area contributed by atoms with Crippen molar-refractivity contribution in [3.05, 3.63) is 29.3 Å². The Morgan fingerprint density at radius 1 is 1.50 bits per heavy atom. The van der Waals surface area contributed by atoms with Crippen molar-refractivity contribution in [2.45, 2.75) is 26.0 Å². The van der Waals surface area contributed by atoms with Crippen molar-refractivity contribution < 1.29 is 9.47 Å². The number of hydrogen-bond donors (Lipinski definition) is 2. The Bertz CT molecular complexity index is 436. The summed E-state index contributed by atoms with van der Waals surface area (Å²) in [6.07, 6.45) is 1.06. The molecule has 0 radical (unpaired) electrons. The lowest BCUT2D eigenvalue weighted by Crippen LogP contribution is -2.22. The molecule has 1 aliphatic rings. The van der Waals surface area contributed by atoms with Crippen molar-refractivity contribution in [2.24, 2.45) is 16.5 Å². The van der Waals surface area contributed by atoms with Crippen LogP contribution >= 0.6 is 0 Å². The van der Waals surface area contributed by atoms with Crippen LogP contribution in [0.3, 0.4) is 0 Å². The van der Waals surface area contributed by atoms with Crippen LogP contribution in [0.25, 0.3) is 0 Å². The second-order valence-corrected chi connectivity index (χ2v) is 4.46. The predicted molar refractivity (Wildman–Crippen MR) is 70.5 cm³/mol. The minimum absolute atomic E-state index is 0.0886. The molecule has 1 aromatic rings. The molecule has 18 heavy (non-hydrogen) atoms. The summed E-state index contributed by atoms with van der Waals surface area (Å²) in [5, 5.41) is 0. The van der Waals surface area contributed by atoms with Crippen molar-refractivity contribution >= 4 is 5.96 Å². The molecule has 1 heterocycles. The number of benzene rings is 1. The molecule has 4 N–H and O–H groups in total. The Kier molecular flexibility index (Phi) is 4.04. The summed E-state index contributed by atoms with van der Waals surface area (Å²) in [5.41, 5.74) is 12.8. The molecule has 98 valence electrons. The Balaban J connectivity index is 2.14. The molecule has 5 nitrogen and oxygen atoms in total. The first-order chi connectivity index (χ1) is 8.65. The van der Waals surface area contributed by atoms with Gasteiger partial charge < -0.3 is 20.9 Å². The van der Waals surface area contributed by atoms with E-state index in [1.807, 2.05) is 25.1 Å². The highest BCUT2D eigenvalue weighted by molar-refractivity contribution is 5.75. The first-order valence-electron chi connectivity index (χ1n) is 6.04. The van der Waals surface area contributed by atoms with Crippen LogP contribution in [0.5, 0.6) is 5.75 Å². The summed E-state index contributed by atoms with van der Waals surface area (Å²) in [4.78, 5) is 4.02. The second-order valence-electron chi connectivity index (χ2n) is 4.46. The van der Waals surface area contributed by atoms with E-state index in [1.165, 1.54) is 0 Å². The fraction of sp³-hybridized carbons (Fsp3) is 0.462. The van der Waals surface area contributed by atoms with Crippen LogP contribution < -0.4 is 16.2 Å². The largest absolute Gasteiger partial charge is 0.488 e. The number of guanidine groups is 1. The monoisotopic (exact) mass is 249 g/mol. The SMILES string of the molecule is Cc1ccc(CN=C(N)N)c(OC2CCOC2)c1. The number of hydrogen-bond acceptors (Lipinski definition) is 3. The molecule has 1 saturated heterocycles. The van der Waals surface area contributed by atoms with Gasteiger partial charge in [0.1, 0.15) is 11.9 Å². The van der Waals surface area contributed by atoms with Gasteiger partial charge in [-0.1, -0.05) is 12.1 Å². The van der Waals surface area contributed by atoms with E-state index < -0.39 is 0 Å². The van der Waals surface area contributed by atoms with Crippen molar-refractivity contribution in [1.82, 2.24) is 0 Å². The number of nitrogens with two attached hydrogens (primary N) is 2. The van der Waals surface area contributed by atoms with Gasteiger partial charge in [0.25, 0.3) is 0 Å². The lowest BCUT2D eigenvalue weighted by molar-refractivity contribution is 0.140. The zero-order chi connectivity index (χ0) is 13.0. The van der Waals surface area contributed by atoms with E-state index in [9.17, 15) is 0 Å². The molecule has 1 aromatic carbocycles. The van der Waals surface area contributed by atoms with E-state index in [4.69, 9.17) is 20.9 Å². The van der Waals surface area contributed by atoms with Crippen LogP contribution in [0.1, 0.15) is 17.5 Å². The highest BCUT2D eigenvalue weighted by Crippen LogP contribution is 2.24. The first kappa shape index (κ1) is 12.7. The van der Waals surface area contributed by atoms with E-state index in [0.29, 0.717) is 13.2 Å². The third-order valence-electron chi connectivity index (χ3n) is 2.84. The van der Waals surface area contributed by atoms with Crippen LogP contribution in [0.4, 0.5) is 0 Å². The zero-order valence-electron chi connectivity index (χ0n) is 10.6. The molecule has 0 aliphatic carbocycles. The first-order valence-corrected chi connectivity index (χ1v) is 6.04. The van der Waals surface area contributed by atoms with Gasteiger partial charge in [-0.2, -0.15) is 0 Å². The standard InChI is InChI=1S/C13H19N3O2/c1-9-2-3-10(7-16-13(14)15)12(6-9)18-11-4-5-17-8-11/h2-3,6,11H,4-5,7-8H2,1H3,(H4,14,15,16). The molecule has 0 spiro atoms. The highest BCUT2D eigenvalue weighted by atomic mass is 16.5. The summed E-state index contributed by atoms with van der Waals surface area (Å²) in [6.45, 7) is 3.88. The van der Waals surface area contributed by atoms with Gasteiger partial charge in [-0.25, -0.2) is 4.99 Å². The van der Waals surface area contributed by atoms with E-state index in [2.05, 4.69) is 4.99 Å². The molecule has 2 rings (SSSR count). The van der Waals surface area contributed by atoms with Crippen LogP contribution in [0.2, 0.25) is 0 Å². The zero-order valence-corrected chi connectivity index (χ0v) is 10.6. The summed E-state index contributed by atoms with van der Waals surface area (Å²) >= 11 is 0. The van der Waals surface area contributed by atoms with Crippen LogP contribution in [-0.2, 0) is 11.3 Å². The van der Waals surface area contributed by atoms with E-state index >= 15 is 0 Å². The van der Waals surface area contributed by atoms with Gasteiger partial charge in [0.15, 0.2) is 5.96 Å². The van der Waals surface area contributed by atoms with E-state index in [1.54, 1.807) is 0 Å². The number of aryl methyl sites for hydroxylation is 1. The predicted octanol–water partition coefficient (Wildman–Crippen LogP) is 0.936. The summed E-state index contributed by atoms with van der Waals surface area (Å²) < 4.78 is 11.2. The molecule has 1 aliphatic heterocycles. The van der Waals surface area contributed by atoms with E-state index in [-0.39, 0.29) is 12.1 Å². The lowest BCUT2D eigenvalue weighted by atomic mass is 10.1. The van der Waals surface area contributed by atoms with Crippen LogP contribution in [0.15, 0.2) is 23.2 Å². The normalized spacial score (nSPS) is 18.6. The third kappa shape index (κ3) is 3.37. The molecule has 1 unspecified atom stereocenters.